The van der Waals surface area contributed by atoms with Crippen molar-refractivity contribution in [2.75, 3.05) is 33.5 Å². The quantitative estimate of drug-likeness (QED) is 0.790. The zero-order valence-corrected chi connectivity index (χ0v) is 12.1. The van der Waals surface area contributed by atoms with Gasteiger partial charge in [-0.15, -0.1) is 0 Å². The molecule has 0 radical (unpaired) electrons. The van der Waals surface area contributed by atoms with E-state index in [9.17, 15) is 4.79 Å². The standard InChI is InChI=1S/C13H15BrO5/c1-16-13(15)9-4-10(14)6-11(5-9)19-8-12-7-17-2-3-18-12/h4-6,12H,2-3,7-8H2,1H3. The van der Waals surface area contributed by atoms with Crippen molar-refractivity contribution in [1.29, 1.82) is 0 Å². The van der Waals surface area contributed by atoms with Gasteiger partial charge in [0, 0.05) is 4.47 Å². The van der Waals surface area contributed by atoms with Crippen LogP contribution in [0.2, 0.25) is 0 Å². The monoisotopic (exact) mass is 330 g/mol. The molecule has 0 saturated carbocycles. The highest BCUT2D eigenvalue weighted by Gasteiger charge is 2.16. The maximum atomic E-state index is 11.5. The van der Waals surface area contributed by atoms with Gasteiger partial charge in [-0.3, -0.25) is 0 Å². The highest BCUT2D eigenvalue weighted by atomic mass is 79.9. The number of rotatable bonds is 4. The molecule has 5 nitrogen and oxygen atoms in total. The number of ether oxygens (including phenoxy) is 4. The smallest absolute Gasteiger partial charge is 0.338 e. The predicted octanol–water partition coefficient (Wildman–Crippen LogP) is 2.03. The average molecular weight is 331 g/mol. The maximum Gasteiger partial charge on any atom is 0.338 e. The molecule has 1 fully saturated rings. The summed E-state index contributed by atoms with van der Waals surface area (Å²) in [4.78, 5) is 11.5. The maximum absolute atomic E-state index is 11.5. The predicted molar refractivity (Wildman–Crippen MR) is 71.5 cm³/mol. The molecule has 0 aliphatic carbocycles. The summed E-state index contributed by atoms with van der Waals surface area (Å²) < 4.78 is 21.8. The second-order valence-corrected chi connectivity index (χ2v) is 4.96. The van der Waals surface area contributed by atoms with Gasteiger partial charge in [-0.1, -0.05) is 15.9 Å². The van der Waals surface area contributed by atoms with Crippen molar-refractivity contribution >= 4 is 21.9 Å². The molecule has 0 aromatic heterocycles. The Bertz CT molecular complexity index is 443. The molecule has 1 unspecified atom stereocenters. The number of esters is 1. The van der Waals surface area contributed by atoms with Gasteiger partial charge >= 0.3 is 5.97 Å². The van der Waals surface area contributed by atoms with E-state index in [1.54, 1.807) is 18.2 Å². The van der Waals surface area contributed by atoms with Gasteiger partial charge in [-0.25, -0.2) is 4.79 Å². The zero-order valence-electron chi connectivity index (χ0n) is 10.6. The van der Waals surface area contributed by atoms with Crippen LogP contribution in [0.3, 0.4) is 0 Å². The molecule has 1 aliphatic rings. The third-order valence-electron chi connectivity index (χ3n) is 2.61. The lowest BCUT2D eigenvalue weighted by atomic mass is 10.2. The fourth-order valence-electron chi connectivity index (χ4n) is 1.70. The number of carbonyl (C=O) groups is 1. The van der Waals surface area contributed by atoms with Crippen LogP contribution in [0.5, 0.6) is 5.75 Å². The summed E-state index contributed by atoms with van der Waals surface area (Å²) in [5, 5.41) is 0. The summed E-state index contributed by atoms with van der Waals surface area (Å²) in [6, 6.07) is 5.11. The minimum atomic E-state index is -0.400. The van der Waals surface area contributed by atoms with E-state index in [0.29, 0.717) is 37.7 Å². The van der Waals surface area contributed by atoms with Crippen molar-refractivity contribution in [2.45, 2.75) is 6.10 Å². The van der Waals surface area contributed by atoms with E-state index in [0.717, 1.165) is 4.47 Å². The molecule has 104 valence electrons. The van der Waals surface area contributed by atoms with E-state index >= 15 is 0 Å². The average Bonchev–Trinajstić information content (AvgIpc) is 2.45. The first-order valence-electron chi connectivity index (χ1n) is 5.90. The third-order valence-corrected chi connectivity index (χ3v) is 3.07. The normalized spacial score (nSPS) is 18.9. The van der Waals surface area contributed by atoms with E-state index in [4.69, 9.17) is 14.2 Å². The van der Waals surface area contributed by atoms with Crippen LogP contribution in [0.15, 0.2) is 22.7 Å². The van der Waals surface area contributed by atoms with E-state index in [-0.39, 0.29) is 6.10 Å². The van der Waals surface area contributed by atoms with Crippen LogP contribution in [-0.4, -0.2) is 45.6 Å². The van der Waals surface area contributed by atoms with Crippen molar-refractivity contribution in [3.05, 3.63) is 28.2 Å². The second kappa shape index (κ2) is 6.88. The Morgan fingerprint density at radius 3 is 2.95 bits per heavy atom. The molecule has 1 aliphatic heterocycles. The van der Waals surface area contributed by atoms with Gasteiger partial charge in [0.15, 0.2) is 0 Å². The van der Waals surface area contributed by atoms with Crippen LogP contribution in [-0.2, 0) is 14.2 Å². The number of halogens is 1. The van der Waals surface area contributed by atoms with Crippen LogP contribution in [0.4, 0.5) is 0 Å². The SMILES string of the molecule is COC(=O)c1cc(Br)cc(OCC2COCCO2)c1. The van der Waals surface area contributed by atoms with Gasteiger partial charge in [0.05, 0.1) is 32.5 Å². The van der Waals surface area contributed by atoms with Gasteiger partial charge in [-0.05, 0) is 18.2 Å². The van der Waals surface area contributed by atoms with Gasteiger partial charge < -0.3 is 18.9 Å². The molecule has 1 atom stereocenters. The first-order valence-corrected chi connectivity index (χ1v) is 6.69. The highest BCUT2D eigenvalue weighted by Crippen LogP contribution is 2.22. The molecule has 0 amide bonds. The highest BCUT2D eigenvalue weighted by molar-refractivity contribution is 9.10. The Morgan fingerprint density at radius 1 is 1.42 bits per heavy atom. The Labute approximate surface area is 119 Å². The number of carbonyl (C=O) groups excluding carboxylic acids is 1. The largest absolute Gasteiger partial charge is 0.491 e. The summed E-state index contributed by atoms with van der Waals surface area (Å²) in [6.07, 6.45) is -0.0747. The topological polar surface area (TPSA) is 54.0 Å². The Hall–Kier alpha value is -1.11. The van der Waals surface area contributed by atoms with Gasteiger partial charge in [-0.2, -0.15) is 0 Å². The summed E-state index contributed by atoms with van der Waals surface area (Å²) in [5.41, 5.74) is 0.438. The first-order chi connectivity index (χ1) is 9.19. The molecule has 1 saturated heterocycles. The Balaban J connectivity index is 1.99. The number of hydrogen-bond donors (Lipinski definition) is 0. The zero-order chi connectivity index (χ0) is 13.7. The van der Waals surface area contributed by atoms with Gasteiger partial charge in [0.2, 0.25) is 0 Å². The van der Waals surface area contributed by atoms with Crippen molar-refractivity contribution in [1.82, 2.24) is 0 Å². The van der Waals surface area contributed by atoms with E-state index in [2.05, 4.69) is 20.7 Å². The molecular weight excluding hydrogens is 316 g/mol. The van der Waals surface area contributed by atoms with Crippen LogP contribution in [0.1, 0.15) is 10.4 Å². The van der Waals surface area contributed by atoms with Crippen molar-refractivity contribution in [3.8, 4) is 5.75 Å². The fraction of sp³-hybridized carbons (Fsp3) is 0.462. The van der Waals surface area contributed by atoms with E-state index in [1.165, 1.54) is 7.11 Å². The lowest BCUT2D eigenvalue weighted by Crippen LogP contribution is -2.33. The van der Waals surface area contributed by atoms with Gasteiger partial charge in [0.1, 0.15) is 18.5 Å². The summed E-state index contributed by atoms with van der Waals surface area (Å²) in [7, 11) is 1.34. The number of hydrogen-bond acceptors (Lipinski definition) is 5. The van der Waals surface area contributed by atoms with Crippen LogP contribution in [0, 0.1) is 0 Å². The van der Waals surface area contributed by atoms with Crippen molar-refractivity contribution in [2.24, 2.45) is 0 Å². The van der Waals surface area contributed by atoms with Crippen LogP contribution < -0.4 is 4.74 Å². The van der Waals surface area contributed by atoms with Crippen LogP contribution >= 0.6 is 15.9 Å². The summed E-state index contributed by atoms with van der Waals surface area (Å²) in [5.74, 6) is 0.187. The summed E-state index contributed by atoms with van der Waals surface area (Å²) in [6.45, 7) is 2.12. The minimum Gasteiger partial charge on any atom is -0.491 e. The number of methoxy groups -OCH3 is 1. The van der Waals surface area contributed by atoms with Crippen molar-refractivity contribution in [3.63, 3.8) is 0 Å². The molecule has 6 heteroatoms. The number of benzene rings is 1. The lowest BCUT2D eigenvalue weighted by Gasteiger charge is -2.23. The molecular formula is C13H15BrO5. The summed E-state index contributed by atoms with van der Waals surface area (Å²) >= 11 is 3.33. The molecule has 1 aromatic carbocycles. The molecule has 1 heterocycles. The van der Waals surface area contributed by atoms with Crippen LogP contribution in [0.25, 0.3) is 0 Å². The van der Waals surface area contributed by atoms with Gasteiger partial charge in [0.25, 0.3) is 0 Å². The molecule has 1 aromatic rings. The second-order valence-electron chi connectivity index (χ2n) is 4.05. The molecule has 19 heavy (non-hydrogen) atoms. The molecule has 0 bridgehead atoms. The Kier molecular flexibility index (Phi) is 5.18. The fourth-order valence-corrected chi connectivity index (χ4v) is 2.18. The van der Waals surface area contributed by atoms with E-state index in [1.807, 2.05) is 0 Å². The van der Waals surface area contributed by atoms with E-state index < -0.39 is 5.97 Å². The molecule has 0 N–H and O–H groups in total. The first kappa shape index (κ1) is 14.3. The third kappa shape index (κ3) is 4.19. The minimum absolute atomic E-state index is 0.0747. The Morgan fingerprint density at radius 2 is 2.26 bits per heavy atom. The molecule has 2 rings (SSSR count). The lowest BCUT2D eigenvalue weighted by molar-refractivity contribution is -0.101. The molecule has 0 spiro atoms. The van der Waals surface area contributed by atoms with Crippen molar-refractivity contribution < 1.29 is 23.7 Å².